The van der Waals surface area contributed by atoms with Crippen molar-refractivity contribution >= 4 is 0 Å². The van der Waals surface area contributed by atoms with Gasteiger partial charge < -0.3 is 25.7 Å². The van der Waals surface area contributed by atoms with E-state index in [0.29, 0.717) is 6.54 Å². The van der Waals surface area contributed by atoms with Gasteiger partial charge in [-0.3, -0.25) is 0 Å². The van der Waals surface area contributed by atoms with Crippen LogP contribution in [-0.2, 0) is 6.42 Å². The molecule has 0 amide bonds. The van der Waals surface area contributed by atoms with Crippen LogP contribution in [0.5, 0.6) is 0 Å². The van der Waals surface area contributed by atoms with Crippen LogP contribution in [-0.4, -0.2) is 57.9 Å². The van der Waals surface area contributed by atoms with E-state index >= 15 is 0 Å². The van der Waals surface area contributed by atoms with Crippen molar-refractivity contribution in [3.05, 3.63) is 35.9 Å². The third kappa shape index (κ3) is 3.37. The molecule has 1 aliphatic carbocycles. The summed E-state index contributed by atoms with van der Waals surface area (Å²) in [7, 11) is 0. The topological polar surface area (TPSA) is 93.0 Å². The fourth-order valence-electron chi connectivity index (χ4n) is 2.83. The Bertz CT molecular complexity index is 400. The highest BCUT2D eigenvalue weighted by Crippen LogP contribution is 2.27. The summed E-state index contributed by atoms with van der Waals surface area (Å²) < 4.78 is 0. The molecule has 5 atom stereocenters. The first kappa shape index (κ1) is 15.4. The molecule has 5 nitrogen and oxygen atoms in total. The zero-order valence-electron chi connectivity index (χ0n) is 11.4. The van der Waals surface area contributed by atoms with Gasteiger partial charge in [0.1, 0.15) is 6.10 Å². The van der Waals surface area contributed by atoms with Crippen molar-refractivity contribution in [2.75, 3.05) is 13.2 Å². The quantitative estimate of drug-likeness (QED) is 0.444. The van der Waals surface area contributed by atoms with Gasteiger partial charge in [0.25, 0.3) is 0 Å². The summed E-state index contributed by atoms with van der Waals surface area (Å²) in [6.07, 6.45) is -1.51. The summed E-state index contributed by atoms with van der Waals surface area (Å²) >= 11 is 0. The molecule has 1 aromatic carbocycles. The highest BCUT2D eigenvalue weighted by atomic mass is 16.4. The molecule has 2 rings (SSSR count). The van der Waals surface area contributed by atoms with Crippen LogP contribution in [0, 0.1) is 5.92 Å². The van der Waals surface area contributed by atoms with E-state index in [1.165, 1.54) is 5.56 Å². The number of aliphatic hydroxyl groups is 4. The smallest absolute Gasteiger partial charge is 0.108 e. The Balaban J connectivity index is 1.78. The molecule has 112 valence electrons. The van der Waals surface area contributed by atoms with E-state index in [4.69, 9.17) is 0 Å². The monoisotopic (exact) mass is 281 g/mol. The van der Waals surface area contributed by atoms with Crippen LogP contribution in [0.4, 0.5) is 0 Å². The zero-order valence-corrected chi connectivity index (χ0v) is 11.4. The normalized spacial score (nSPS) is 33.5. The SMILES string of the molecule is OC[C@@H]1[C@@H](O)[C@H](O)[C@@H](O)[C@@H]1NCCCc1ccccc1. The van der Waals surface area contributed by atoms with Crippen molar-refractivity contribution in [3.63, 3.8) is 0 Å². The molecule has 20 heavy (non-hydrogen) atoms. The predicted molar refractivity (Wildman–Crippen MR) is 75.1 cm³/mol. The summed E-state index contributed by atoms with van der Waals surface area (Å²) in [5.74, 6) is -0.531. The summed E-state index contributed by atoms with van der Waals surface area (Å²) in [5, 5.41) is 41.6. The molecule has 1 aliphatic rings. The van der Waals surface area contributed by atoms with Crippen LogP contribution in [0.25, 0.3) is 0 Å². The standard InChI is InChI=1S/C15H23NO4/c17-9-11-12(14(19)15(20)13(11)18)16-8-4-7-10-5-2-1-3-6-10/h1-3,5-6,11-20H,4,7-9H2/t11-,12+,13+,14-,15-/m0/s1. The fourth-order valence-corrected chi connectivity index (χ4v) is 2.83. The number of benzene rings is 1. The van der Waals surface area contributed by atoms with Gasteiger partial charge in [0, 0.05) is 12.0 Å². The minimum atomic E-state index is -1.20. The Kier molecular flexibility index (Phi) is 5.51. The molecular weight excluding hydrogens is 258 g/mol. The van der Waals surface area contributed by atoms with Gasteiger partial charge in [-0.25, -0.2) is 0 Å². The molecule has 0 heterocycles. The molecule has 5 heteroatoms. The van der Waals surface area contributed by atoms with E-state index in [0.717, 1.165) is 12.8 Å². The summed E-state index contributed by atoms with van der Waals surface area (Å²) in [4.78, 5) is 0. The van der Waals surface area contributed by atoms with Crippen LogP contribution >= 0.6 is 0 Å². The molecule has 1 aromatic rings. The van der Waals surface area contributed by atoms with Crippen LogP contribution in [0.3, 0.4) is 0 Å². The third-order valence-electron chi connectivity index (χ3n) is 4.04. The highest BCUT2D eigenvalue weighted by molar-refractivity contribution is 5.14. The summed E-state index contributed by atoms with van der Waals surface area (Å²) in [6, 6.07) is 9.63. The van der Waals surface area contributed by atoms with Gasteiger partial charge in [-0.15, -0.1) is 0 Å². The molecule has 0 aliphatic heterocycles. The van der Waals surface area contributed by atoms with E-state index < -0.39 is 30.3 Å². The van der Waals surface area contributed by atoms with Crippen molar-refractivity contribution in [1.82, 2.24) is 5.32 Å². The van der Waals surface area contributed by atoms with Gasteiger partial charge in [-0.2, -0.15) is 0 Å². The molecule has 0 bridgehead atoms. The first-order chi connectivity index (χ1) is 9.65. The summed E-state index contributed by atoms with van der Waals surface area (Å²) in [6.45, 7) is 0.401. The highest BCUT2D eigenvalue weighted by Gasteiger charge is 2.47. The number of hydrogen-bond donors (Lipinski definition) is 5. The molecule has 0 radical (unpaired) electrons. The van der Waals surface area contributed by atoms with Gasteiger partial charge in [0.15, 0.2) is 0 Å². The van der Waals surface area contributed by atoms with E-state index in [1.807, 2.05) is 18.2 Å². The van der Waals surface area contributed by atoms with Crippen molar-refractivity contribution < 1.29 is 20.4 Å². The van der Waals surface area contributed by atoms with E-state index in [1.54, 1.807) is 0 Å². The average molecular weight is 281 g/mol. The predicted octanol–water partition coefficient (Wildman–Crippen LogP) is -0.718. The molecule has 0 spiro atoms. The lowest BCUT2D eigenvalue weighted by Gasteiger charge is -2.22. The molecule has 1 saturated carbocycles. The van der Waals surface area contributed by atoms with Crippen molar-refractivity contribution in [1.29, 1.82) is 0 Å². The van der Waals surface area contributed by atoms with Gasteiger partial charge in [-0.1, -0.05) is 30.3 Å². The van der Waals surface area contributed by atoms with Crippen molar-refractivity contribution in [2.24, 2.45) is 5.92 Å². The molecule has 0 unspecified atom stereocenters. The molecular formula is C15H23NO4. The lowest BCUT2D eigenvalue weighted by atomic mass is 10.0. The third-order valence-corrected chi connectivity index (χ3v) is 4.04. The van der Waals surface area contributed by atoms with Gasteiger partial charge in [0.05, 0.1) is 18.8 Å². The Labute approximate surface area is 118 Å². The van der Waals surface area contributed by atoms with Crippen molar-refractivity contribution in [2.45, 2.75) is 37.2 Å². The lowest BCUT2D eigenvalue weighted by molar-refractivity contribution is -0.0311. The van der Waals surface area contributed by atoms with Crippen molar-refractivity contribution in [3.8, 4) is 0 Å². The molecule has 5 N–H and O–H groups in total. The largest absolute Gasteiger partial charge is 0.396 e. The second-order valence-electron chi connectivity index (χ2n) is 5.39. The summed E-state index contributed by atoms with van der Waals surface area (Å²) in [5.41, 5.74) is 1.25. The average Bonchev–Trinajstić information content (AvgIpc) is 2.68. The minimum Gasteiger partial charge on any atom is -0.396 e. The zero-order chi connectivity index (χ0) is 14.5. The fraction of sp³-hybridized carbons (Fsp3) is 0.600. The Morgan fingerprint density at radius 1 is 0.950 bits per heavy atom. The van der Waals surface area contributed by atoms with Gasteiger partial charge in [-0.05, 0) is 24.9 Å². The van der Waals surface area contributed by atoms with E-state index in [9.17, 15) is 20.4 Å². The van der Waals surface area contributed by atoms with Crippen LogP contribution < -0.4 is 5.32 Å². The van der Waals surface area contributed by atoms with Crippen LogP contribution in [0.1, 0.15) is 12.0 Å². The molecule has 1 fully saturated rings. The second kappa shape index (κ2) is 7.15. The minimum absolute atomic E-state index is 0.258. The maximum Gasteiger partial charge on any atom is 0.108 e. The van der Waals surface area contributed by atoms with E-state index in [-0.39, 0.29) is 6.61 Å². The Morgan fingerprint density at radius 3 is 2.30 bits per heavy atom. The number of aryl methyl sites for hydroxylation is 1. The first-order valence-corrected chi connectivity index (χ1v) is 7.07. The Hall–Kier alpha value is -0.980. The molecule has 0 saturated heterocycles. The van der Waals surface area contributed by atoms with Crippen LogP contribution in [0.15, 0.2) is 30.3 Å². The number of nitrogens with one attached hydrogen (secondary N) is 1. The Morgan fingerprint density at radius 2 is 1.65 bits per heavy atom. The van der Waals surface area contributed by atoms with Crippen LogP contribution in [0.2, 0.25) is 0 Å². The lowest BCUT2D eigenvalue weighted by Crippen LogP contribution is -2.44. The van der Waals surface area contributed by atoms with Gasteiger partial charge in [0.2, 0.25) is 0 Å². The maximum atomic E-state index is 9.86. The molecule has 0 aromatic heterocycles. The van der Waals surface area contributed by atoms with E-state index in [2.05, 4.69) is 17.4 Å². The number of aliphatic hydroxyl groups excluding tert-OH is 4. The number of hydrogen-bond acceptors (Lipinski definition) is 5. The first-order valence-electron chi connectivity index (χ1n) is 7.07. The maximum absolute atomic E-state index is 9.86. The second-order valence-corrected chi connectivity index (χ2v) is 5.39. The van der Waals surface area contributed by atoms with Gasteiger partial charge >= 0.3 is 0 Å². The number of rotatable bonds is 6.